The summed E-state index contributed by atoms with van der Waals surface area (Å²) in [5, 5.41) is 10.7. The molecule has 0 fully saturated rings. The lowest BCUT2D eigenvalue weighted by atomic mass is 10.1. The molecule has 84 valence electrons. The molecular weight excluding hydrogens is 278 g/mol. The lowest BCUT2D eigenvalue weighted by Gasteiger charge is -2.01. The minimum atomic E-state index is -0.529. The lowest BCUT2D eigenvalue weighted by molar-refractivity contribution is -0.385. The van der Waals surface area contributed by atoms with Gasteiger partial charge in [-0.2, -0.15) is 0 Å². The molecule has 0 spiro atoms. The van der Waals surface area contributed by atoms with Crippen LogP contribution in [0.5, 0.6) is 0 Å². The molecule has 1 aromatic carbocycles. The number of rotatable bonds is 3. The summed E-state index contributed by atoms with van der Waals surface area (Å²) in [4.78, 5) is 22.9. The zero-order chi connectivity index (χ0) is 12.1. The summed E-state index contributed by atoms with van der Waals surface area (Å²) in [6.45, 7) is 0. The summed E-state index contributed by atoms with van der Waals surface area (Å²) in [6, 6.07) is 4.03. The van der Waals surface area contributed by atoms with Crippen LogP contribution in [0.3, 0.4) is 0 Å². The average Bonchev–Trinajstić information content (AvgIpc) is 2.28. The summed E-state index contributed by atoms with van der Waals surface area (Å²) in [6.07, 6.45) is 1.49. The van der Waals surface area contributed by atoms with Crippen molar-refractivity contribution in [2.75, 3.05) is 7.11 Å². The molecule has 16 heavy (non-hydrogen) atoms. The van der Waals surface area contributed by atoms with Gasteiger partial charge < -0.3 is 4.74 Å². The second kappa shape index (κ2) is 5.41. The van der Waals surface area contributed by atoms with E-state index in [1.165, 1.54) is 36.4 Å². The van der Waals surface area contributed by atoms with Gasteiger partial charge in [-0.3, -0.25) is 10.1 Å². The van der Waals surface area contributed by atoms with Crippen LogP contribution in [-0.4, -0.2) is 18.0 Å². The van der Waals surface area contributed by atoms with Gasteiger partial charge in [0.05, 0.1) is 23.2 Å². The molecule has 0 radical (unpaired) electrons. The average molecular weight is 286 g/mol. The Morgan fingerprint density at radius 2 is 2.25 bits per heavy atom. The number of nitrogens with zero attached hydrogens (tertiary/aromatic N) is 1. The van der Waals surface area contributed by atoms with Crippen molar-refractivity contribution in [1.29, 1.82) is 0 Å². The monoisotopic (exact) mass is 285 g/mol. The minimum absolute atomic E-state index is 0.0663. The van der Waals surface area contributed by atoms with Crippen LogP contribution in [0.25, 0.3) is 6.08 Å². The first-order valence-electron chi connectivity index (χ1n) is 4.23. The van der Waals surface area contributed by atoms with Crippen molar-refractivity contribution in [3.8, 4) is 0 Å². The molecule has 0 atom stereocenters. The third kappa shape index (κ3) is 2.66. The SMILES string of the molecule is COC(=O)c1ccc([N+](=O)[O-])c(/C=C\Br)c1. The number of esters is 1. The molecule has 0 saturated carbocycles. The van der Waals surface area contributed by atoms with Gasteiger partial charge >= 0.3 is 5.97 Å². The predicted octanol–water partition coefficient (Wildman–Crippen LogP) is 2.75. The van der Waals surface area contributed by atoms with Gasteiger partial charge in [-0.15, -0.1) is 0 Å². The van der Waals surface area contributed by atoms with Crippen LogP contribution in [-0.2, 0) is 4.74 Å². The summed E-state index contributed by atoms with van der Waals surface area (Å²) >= 11 is 3.03. The minimum Gasteiger partial charge on any atom is -0.465 e. The van der Waals surface area contributed by atoms with Crippen molar-refractivity contribution < 1.29 is 14.5 Å². The third-order valence-electron chi connectivity index (χ3n) is 1.89. The summed E-state index contributed by atoms with van der Waals surface area (Å²) in [7, 11) is 1.25. The number of carbonyl (C=O) groups is 1. The topological polar surface area (TPSA) is 69.4 Å². The fraction of sp³-hybridized carbons (Fsp3) is 0.100. The van der Waals surface area contributed by atoms with Gasteiger partial charge in [-0.05, 0) is 23.2 Å². The molecule has 0 aliphatic heterocycles. The van der Waals surface area contributed by atoms with Crippen LogP contribution >= 0.6 is 15.9 Å². The van der Waals surface area contributed by atoms with E-state index in [-0.39, 0.29) is 11.3 Å². The highest BCUT2D eigenvalue weighted by molar-refractivity contribution is 9.11. The third-order valence-corrected chi connectivity index (χ3v) is 2.15. The van der Waals surface area contributed by atoms with Crippen LogP contribution in [0.4, 0.5) is 5.69 Å². The Kier molecular flexibility index (Phi) is 4.19. The fourth-order valence-electron chi connectivity index (χ4n) is 1.17. The molecule has 1 aromatic rings. The van der Waals surface area contributed by atoms with Crippen molar-refractivity contribution >= 4 is 33.7 Å². The summed E-state index contributed by atoms with van der Waals surface area (Å²) < 4.78 is 4.53. The second-order valence-electron chi connectivity index (χ2n) is 2.81. The Morgan fingerprint density at radius 1 is 1.56 bits per heavy atom. The van der Waals surface area contributed by atoms with Crippen molar-refractivity contribution in [3.63, 3.8) is 0 Å². The zero-order valence-corrected chi connectivity index (χ0v) is 9.93. The molecule has 0 N–H and O–H groups in total. The first kappa shape index (κ1) is 12.4. The first-order chi connectivity index (χ1) is 7.60. The summed E-state index contributed by atoms with van der Waals surface area (Å²) in [5.41, 5.74) is 0.543. The second-order valence-corrected chi connectivity index (χ2v) is 3.34. The van der Waals surface area contributed by atoms with Gasteiger partial charge in [0.1, 0.15) is 0 Å². The van der Waals surface area contributed by atoms with E-state index in [1.807, 2.05) is 0 Å². The Labute approximate surface area is 100.0 Å². The van der Waals surface area contributed by atoms with E-state index in [0.717, 1.165) is 0 Å². The Balaban J connectivity index is 3.27. The number of ether oxygens (including phenoxy) is 1. The number of nitro benzene ring substituents is 1. The van der Waals surface area contributed by atoms with Crippen molar-refractivity contribution in [3.05, 3.63) is 44.4 Å². The summed E-state index contributed by atoms with van der Waals surface area (Å²) in [5.74, 6) is -0.529. The smallest absolute Gasteiger partial charge is 0.337 e. The number of hydrogen-bond acceptors (Lipinski definition) is 4. The van der Waals surface area contributed by atoms with Crippen molar-refractivity contribution in [1.82, 2.24) is 0 Å². The van der Waals surface area contributed by atoms with Crippen LogP contribution < -0.4 is 0 Å². The maximum absolute atomic E-state index is 11.2. The molecule has 0 unspecified atom stereocenters. The number of carbonyl (C=O) groups excluding carboxylic acids is 1. The molecule has 5 nitrogen and oxygen atoms in total. The maximum Gasteiger partial charge on any atom is 0.337 e. The lowest BCUT2D eigenvalue weighted by Crippen LogP contribution is -2.02. The Hall–Kier alpha value is -1.69. The van der Waals surface area contributed by atoms with Gasteiger partial charge in [0.15, 0.2) is 0 Å². The number of benzene rings is 1. The van der Waals surface area contributed by atoms with E-state index in [0.29, 0.717) is 5.56 Å². The van der Waals surface area contributed by atoms with Crippen molar-refractivity contribution in [2.24, 2.45) is 0 Å². The van der Waals surface area contributed by atoms with Crippen molar-refractivity contribution in [2.45, 2.75) is 0 Å². The maximum atomic E-state index is 11.2. The largest absolute Gasteiger partial charge is 0.465 e. The highest BCUT2D eigenvalue weighted by Gasteiger charge is 2.14. The Bertz CT molecular complexity index is 456. The normalized spacial score (nSPS) is 10.4. The van der Waals surface area contributed by atoms with Gasteiger partial charge in [0, 0.05) is 6.07 Å². The number of hydrogen-bond donors (Lipinski definition) is 0. The number of nitro groups is 1. The molecule has 0 saturated heterocycles. The molecule has 0 amide bonds. The highest BCUT2D eigenvalue weighted by atomic mass is 79.9. The molecule has 6 heteroatoms. The quantitative estimate of drug-likeness (QED) is 0.486. The van der Waals surface area contributed by atoms with Gasteiger partial charge in [-0.1, -0.05) is 15.9 Å². The highest BCUT2D eigenvalue weighted by Crippen LogP contribution is 2.22. The van der Waals surface area contributed by atoms with E-state index >= 15 is 0 Å². The van der Waals surface area contributed by atoms with Gasteiger partial charge in [-0.25, -0.2) is 4.79 Å². The van der Waals surface area contributed by atoms with E-state index in [4.69, 9.17) is 0 Å². The van der Waals surface area contributed by atoms with E-state index in [9.17, 15) is 14.9 Å². The van der Waals surface area contributed by atoms with Gasteiger partial charge in [0.25, 0.3) is 5.69 Å². The Morgan fingerprint density at radius 3 is 2.75 bits per heavy atom. The predicted molar refractivity (Wildman–Crippen MR) is 62.4 cm³/mol. The number of methoxy groups -OCH3 is 1. The van der Waals surface area contributed by atoms with Crippen LogP contribution in [0.15, 0.2) is 23.2 Å². The van der Waals surface area contributed by atoms with Crippen LogP contribution in [0, 0.1) is 10.1 Å². The number of halogens is 1. The molecule has 0 aromatic heterocycles. The van der Waals surface area contributed by atoms with E-state index < -0.39 is 10.9 Å². The van der Waals surface area contributed by atoms with Gasteiger partial charge in [0.2, 0.25) is 0 Å². The van der Waals surface area contributed by atoms with Crippen LogP contribution in [0.1, 0.15) is 15.9 Å². The van der Waals surface area contributed by atoms with Crippen LogP contribution in [0.2, 0.25) is 0 Å². The standard InChI is InChI=1S/C10H8BrNO4/c1-16-10(13)8-2-3-9(12(14)15)7(6-8)4-5-11/h2-6H,1H3/b5-4-. The molecule has 0 heterocycles. The molecule has 0 bridgehead atoms. The van der Waals surface area contributed by atoms with E-state index in [2.05, 4.69) is 20.7 Å². The molecular formula is C10H8BrNO4. The van der Waals surface area contributed by atoms with E-state index in [1.54, 1.807) is 0 Å². The molecule has 0 aliphatic rings. The molecule has 1 rings (SSSR count). The molecule has 0 aliphatic carbocycles. The fourth-order valence-corrected chi connectivity index (χ4v) is 1.45. The first-order valence-corrected chi connectivity index (χ1v) is 5.15. The zero-order valence-electron chi connectivity index (χ0n) is 8.34.